The van der Waals surface area contributed by atoms with Gasteiger partial charge in [0.1, 0.15) is 0 Å². The Labute approximate surface area is 307 Å². The van der Waals surface area contributed by atoms with Crippen LogP contribution >= 0.6 is 0 Å². The Morgan fingerprint density at radius 1 is 0.680 bits per heavy atom. The summed E-state index contributed by atoms with van der Waals surface area (Å²) in [6, 6.07) is 18.9. The zero-order valence-electron chi connectivity index (χ0n) is 30.1. The molecule has 8 bridgehead atoms. The molecular weight excluding hydrogens is 666 g/mol. The Morgan fingerprint density at radius 3 is 1.72 bits per heavy atom. The summed E-state index contributed by atoms with van der Waals surface area (Å²) in [6.07, 6.45) is 17.3. The quantitative estimate of drug-likeness (QED) is 0.227. The van der Waals surface area contributed by atoms with Crippen molar-refractivity contribution in [2.45, 2.75) is 66.2 Å². The van der Waals surface area contributed by atoms with E-state index in [9.17, 15) is 5.11 Å². The molecule has 6 heteroatoms. The average Bonchev–Trinajstić information content (AvgIpc) is 3.84. The SMILES string of the molecule is C#Cc1ccc(C2=c3ccc([n-]3)=C(c3cc(C(C)(C)C)cc(C(C)(C)C)c3)C3=NC(=CC4=NC(=C([O-])C4(C)C)C=C4C=CC2=N4)C=C3)cc1.[Zn+2]. The van der Waals surface area contributed by atoms with Gasteiger partial charge in [0, 0.05) is 11.0 Å². The van der Waals surface area contributed by atoms with E-state index in [1.165, 1.54) is 11.1 Å². The third kappa shape index (κ3) is 6.32. The number of terminal acetylenes is 1. The molecule has 0 fully saturated rings. The van der Waals surface area contributed by atoms with Crippen LogP contribution in [0.15, 0.2) is 129 Å². The standard InChI is InChI=1S/C44H41N4O.Zn/c1-10-26-11-13-27(14-12-26)39-33-17-15-31(45-33)24-37-41(49)44(8,9)38(48-37)25-32-16-18-34(46-32)40(36-20-19-35(39)47-36)28-21-29(42(2,3)4)23-30(22-28)43(5,6)7;/h1,11-25H,2-9H3,(H-,45,46,47,48,49);/q-1;+2/p-1. The van der Waals surface area contributed by atoms with Crippen LogP contribution < -0.4 is 20.8 Å². The summed E-state index contributed by atoms with van der Waals surface area (Å²) >= 11 is 0. The van der Waals surface area contributed by atoms with E-state index in [2.05, 4.69) is 77.8 Å². The summed E-state index contributed by atoms with van der Waals surface area (Å²) in [5.74, 6) is 2.67. The molecule has 4 aliphatic rings. The van der Waals surface area contributed by atoms with Gasteiger partial charge in [-0.05, 0) is 92.8 Å². The molecule has 0 amide bonds. The first-order valence-corrected chi connectivity index (χ1v) is 16.7. The zero-order chi connectivity index (χ0) is 34.9. The van der Waals surface area contributed by atoms with Crippen LogP contribution in [0.4, 0.5) is 0 Å². The fourth-order valence-electron chi connectivity index (χ4n) is 6.41. The van der Waals surface area contributed by atoms with Gasteiger partial charge >= 0.3 is 19.5 Å². The van der Waals surface area contributed by atoms with Crippen LogP contribution in [-0.4, -0.2) is 17.1 Å². The third-order valence-electron chi connectivity index (χ3n) is 9.53. The van der Waals surface area contributed by atoms with Crippen molar-refractivity contribution < 1.29 is 24.6 Å². The van der Waals surface area contributed by atoms with Crippen molar-refractivity contribution in [3.63, 3.8) is 0 Å². The molecule has 0 atom stereocenters. The van der Waals surface area contributed by atoms with Crippen molar-refractivity contribution in [2.75, 3.05) is 0 Å². The van der Waals surface area contributed by atoms with E-state index in [-0.39, 0.29) is 36.1 Å². The number of aromatic nitrogens is 1. The maximum atomic E-state index is 13.6. The zero-order valence-corrected chi connectivity index (χ0v) is 33.1. The molecular formula is C44H40N4OZn. The summed E-state index contributed by atoms with van der Waals surface area (Å²) in [5.41, 5.74) is 10.2. The molecule has 50 heavy (non-hydrogen) atoms. The van der Waals surface area contributed by atoms with Gasteiger partial charge in [-0.3, -0.25) is 4.99 Å². The molecule has 0 aliphatic carbocycles. The van der Waals surface area contributed by atoms with Crippen LogP contribution in [0, 0.1) is 17.8 Å². The Kier molecular flexibility index (Phi) is 8.74. The molecule has 0 N–H and O–H groups in total. The first kappa shape index (κ1) is 35.0. The monoisotopic (exact) mass is 704 g/mol. The van der Waals surface area contributed by atoms with Gasteiger partial charge in [-0.1, -0.05) is 110 Å². The second-order valence-electron chi connectivity index (χ2n) is 15.6. The van der Waals surface area contributed by atoms with Crippen LogP contribution in [0.1, 0.15) is 83.2 Å². The van der Waals surface area contributed by atoms with E-state index in [4.69, 9.17) is 26.4 Å². The molecule has 5 heterocycles. The van der Waals surface area contributed by atoms with E-state index < -0.39 is 5.41 Å². The smallest absolute Gasteiger partial charge is 0.873 e. The molecule has 4 aliphatic heterocycles. The number of nitrogens with zero attached hydrogens (tertiary/aromatic N) is 4. The molecule has 2 aromatic carbocycles. The topological polar surface area (TPSA) is 74.2 Å². The number of fused-ring (bicyclic) bond motifs is 5. The summed E-state index contributed by atoms with van der Waals surface area (Å²) in [7, 11) is 0. The molecule has 0 saturated carbocycles. The second-order valence-corrected chi connectivity index (χ2v) is 15.6. The van der Waals surface area contributed by atoms with Crippen LogP contribution in [0.5, 0.6) is 0 Å². The fourth-order valence-corrected chi connectivity index (χ4v) is 6.41. The Morgan fingerprint density at radius 2 is 1.20 bits per heavy atom. The van der Waals surface area contributed by atoms with Crippen molar-refractivity contribution in [3.05, 3.63) is 152 Å². The average molecular weight is 706 g/mol. The summed E-state index contributed by atoms with van der Waals surface area (Å²) < 4.78 is 0. The van der Waals surface area contributed by atoms with Gasteiger partial charge in [-0.2, -0.15) is 0 Å². The molecule has 3 aromatic rings. The van der Waals surface area contributed by atoms with E-state index in [1.807, 2.05) is 68.5 Å². The minimum absolute atomic E-state index is 0. The molecule has 244 valence electrons. The molecule has 0 spiro atoms. The van der Waals surface area contributed by atoms with Gasteiger partial charge in [0.05, 0.1) is 34.2 Å². The second kappa shape index (κ2) is 12.5. The number of benzene rings is 2. The largest absolute Gasteiger partial charge is 2.00 e. The predicted molar refractivity (Wildman–Crippen MR) is 200 cm³/mol. The van der Waals surface area contributed by atoms with Gasteiger partial charge in [0.2, 0.25) is 0 Å². The van der Waals surface area contributed by atoms with E-state index in [1.54, 1.807) is 6.08 Å². The van der Waals surface area contributed by atoms with Crippen LogP contribution in [0.25, 0.3) is 11.1 Å². The molecule has 7 rings (SSSR count). The van der Waals surface area contributed by atoms with Crippen molar-refractivity contribution in [3.8, 4) is 12.3 Å². The van der Waals surface area contributed by atoms with Crippen molar-refractivity contribution in [1.82, 2.24) is 4.98 Å². The number of rotatable bonds is 2. The molecule has 5 nitrogen and oxygen atoms in total. The molecule has 1 aromatic heterocycles. The minimum atomic E-state index is -0.804. The Bertz CT molecular complexity index is 2330. The van der Waals surface area contributed by atoms with Gasteiger partial charge < -0.3 is 10.1 Å². The van der Waals surface area contributed by atoms with E-state index >= 15 is 0 Å². The summed E-state index contributed by atoms with van der Waals surface area (Å²) in [5, 5.41) is 15.2. The maximum Gasteiger partial charge on any atom is 2.00 e. The summed E-state index contributed by atoms with van der Waals surface area (Å²) in [4.78, 5) is 20.3. The van der Waals surface area contributed by atoms with Gasteiger partial charge in [0.15, 0.2) is 0 Å². The third-order valence-corrected chi connectivity index (χ3v) is 9.53. The Hall–Kier alpha value is -4.85. The minimum Gasteiger partial charge on any atom is -0.873 e. The number of hydrogen-bond donors (Lipinski definition) is 0. The van der Waals surface area contributed by atoms with Crippen LogP contribution in [0.3, 0.4) is 0 Å². The van der Waals surface area contributed by atoms with E-state index in [0.29, 0.717) is 17.1 Å². The predicted octanol–water partition coefficient (Wildman–Crippen LogP) is 6.47. The molecule has 0 radical (unpaired) electrons. The van der Waals surface area contributed by atoms with Crippen molar-refractivity contribution in [1.29, 1.82) is 0 Å². The van der Waals surface area contributed by atoms with Crippen LogP contribution in [0.2, 0.25) is 0 Å². The number of aliphatic imine (C=N–C) groups is 3. The first-order valence-electron chi connectivity index (χ1n) is 16.7. The number of hydrogen-bond acceptors (Lipinski definition) is 4. The molecule has 0 unspecified atom stereocenters. The normalized spacial score (nSPS) is 17.9. The van der Waals surface area contributed by atoms with Gasteiger partial charge in [-0.15, -0.1) is 17.1 Å². The molecule has 0 saturated heterocycles. The fraction of sp³-hybridized carbons (Fsp3) is 0.250. The van der Waals surface area contributed by atoms with E-state index in [0.717, 1.165) is 55.7 Å². The van der Waals surface area contributed by atoms with Gasteiger partial charge in [0.25, 0.3) is 0 Å². The van der Waals surface area contributed by atoms with Gasteiger partial charge in [-0.25, -0.2) is 9.98 Å². The maximum absolute atomic E-state index is 13.6. The van der Waals surface area contributed by atoms with Crippen LogP contribution in [-0.2, 0) is 30.3 Å². The first-order chi connectivity index (χ1) is 23.1. The number of allylic oxidation sites excluding steroid dienone is 7. The summed E-state index contributed by atoms with van der Waals surface area (Å²) in [6.45, 7) is 17.3. The van der Waals surface area contributed by atoms with Crippen molar-refractivity contribution in [2.24, 2.45) is 20.4 Å². The van der Waals surface area contributed by atoms with Crippen molar-refractivity contribution >= 4 is 28.3 Å². The Balaban J connectivity index is 0.00000432.